The summed E-state index contributed by atoms with van der Waals surface area (Å²) < 4.78 is 0. The molecule has 1 unspecified atom stereocenters. The van der Waals surface area contributed by atoms with Crippen LogP contribution in [0.25, 0.3) is 0 Å². The molecule has 1 aromatic rings. The van der Waals surface area contributed by atoms with Gasteiger partial charge >= 0.3 is 0 Å². The molecule has 2 N–H and O–H groups in total. The van der Waals surface area contributed by atoms with Crippen molar-refractivity contribution >= 4 is 11.6 Å². The average molecular weight is 220 g/mol. The summed E-state index contributed by atoms with van der Waals surface area (Å²) in [5.41, 5.74) is 2.90. The fourth-order valence-corrected chi connectivity index (χ4v) is 2.01. The lowest BCUT2D eigenvalue weighted by atomic mass is 9.98. The van der Waals surface area contributed by atoms with E-state index in [0.29, 0.717) is 6.42 Å². The Morgan fingerprint density at radius 2 is 2.19 bits per heavy atom. The molecular weight excluding hydrogens is 204 g/mol. The van der Waals surface area contributed by atoms with Crippen LogP contribution in [0.4, 0.5) is 5.69 Å². The van der Waals surface area contributed by atoms with E-state index >= 15 is 0 Å². The summed E-state index contributed by atoms with van der Waals surface area (Å²) in [6, 6.07) is 5.69. The Kier molecular flexibility index (Phi) is 2.94. The summed E-state index contributed by atoms with van der Waals surface area (Å²) in [6.45, 7) is 0. The molecule has 0 bridgehead atoms. The molecule has 1 atom stereocenters. The molecule has 1 aromatic carbocycles. The number of amides is 1. The number of hydrogen-bond acceptors (Lipinski definition) is 3. The SMILES string of the molecule is CNC(O)c1ccc2c(c1)CCC(=O)N2C. The number of nitrogens with zero attached hydrogens (tertiary/aromatic N) is 1. The van der Waals surface area contributed by atoms with E-state index in [4.69, 9.17) is 0 Å². The van der Waals surface area contributed by atoms with E-state index in [9.17, 15) is 9.90 Å². The third-order valence-corrected chi connectivity index (χ3v) is 3.04. The highest BCUT2D eigenvalue weighted by atomic mass is 16.3. The zero-order valence-corrected chi connectivity index (χ0v) is 9.53. The van der Waals surface area contributed by atoms with E-state index < -0.39 is 6.23 Å². The number of hydrogen-bond donors (Lipinski definition) is 2. The molecule has 0 aromatic heterocycles. The van der Waals surface area contributed by atoms with Gasteiger partial charge < -0.3 is 10.0 Å². The minimum Gasteiger partial charge on any atom is -0.374 e. The second-order valence-electron chi connectivity index (χ2n) is 4.03. The third-order valence-electron chi connectivity index (χ3n) is 3.04. The van der Waals surface area contributed by atoms with Gasteiger partial charge in [-0.05, 0) is 36.7 Å². The Morgan fingerprint density at radius 3 is 2.88 bits per heavy atom. The summed E-state index contributed by atoms with van der Waals surface area (Å²) in [5, 5.41) is 12.4. The van der Waals surface area contributed by atoms with E-state index in [-0.39, 0.29) is 5.91 Å². The molecule has 16 heavy (non-hydrogen) atoms. The lowest BCUT2D eigenvalue weighted by Crippen LogP contribution is -2.31. The van der Waals surface area contributed by atoms with Gasteiger partial charge in [0.1, 0.15) is 6.23 Å². The van der Waals surface area contributed by atoms with Gasteiger partial charge in [-0.25, -0.2) is 0 Å². The van der Waals surface area contributed by atoms with Crippen LogP contribution in [0.3, 0.4) is 0 Å². The average Bonchev–Trinajstić information content (AvgIpc) is 2.32. The molecule has 0 saturated heterocycles. The Bertz CT molecular complexity index is 417. The van der Waals surface area contributed by atoms with Crippen molar-refractivity contribution < 1.29 is 9.90 Å². The van der Waals surface area contributed by atoms with Crippen LogP contribution in [0.15, 0.2) is 18.2 Å². The molecule has 1 amide bonds. The first-order valence-electron chi connectivity index (χ1n) is 5.38. The van der Waals surface area contributed by atoms with Crippen LogP contribution in [-0.4, -0.2) is 25.1 Å². The van der Waals surface area contributed by atoms with E-state index in [0.717, 1.165) is 23.2 Å². The van der Waals surface area contributed by atoms with Gasteiger partial charge in [-0.15, -0.1) is 0 Å². The summed E-state index contributed by atoms with van der Waals surface area (Å²) in [5.74, 6) is 0.148. The van der Waals surface area contributed by atoms with E-state index in [1.165, 1.54) is 0 Å². The Labute approximate surface area is 94.9 Å². The van der Waals surface area contributed by atoms with E-state index in [1.807, 2.05) is 18.2 Å². The quantitative estimate of drug-likeness (QED) is 0.725. The number of fused-ring (bicyclic) bond motifs is 1. The number of nitrogens with one attached hydrogen (secondary N) is 1. The second kappa shape index (κ2) is 4.23. The molecule has 1 aliphatic heterocycles. The van der Waals surface area contributed by atoms with Crippen LogP contribution >= 0.6 is 0 Å². The standard InChI is InChI=1S/C12H16N2O2/c1-13-12(16)9-3-5-10-8(7-9)4-6-11(15)14(10)2/h3,5,7,12-13,16H,4,6H2,1-2H3. The number of anilines is 1. The predicted molar refractivity (Wildman–Crippen MR) is 62.2 cm³/mol. The van der Waals surface area contributed by atoms with Crippen molar-refractivity contribution in [1.29, 1.82) is 0 Å². The molecule has 2 rings (SSSR count). The molecule has 86 valence electrons. The topological polar surface area (TPSA) is 52.6 Å². The zero-order valence-electron chi connectivity index (χ0n) is 9.53. The third kappa shape index (κ3) is 1.81. The van der Waals surface area contributed by atoms with Crippen LogP contribution in [0, 0.1) is 0 Å². The number of aliphatic hydroxyl groups is 1. The zero-order chi connectivity index (χ0) is 11.7. The fraction of sp³-hybridized carbons (Fsp3) is 0.417. The molecular formula is C12H16N2O2. The summed E-state index contributed by atoms with van der Waals surface area (Å²) >= 11 is 0. The minimum atomic E-state index is -0.645. The number of aryl methyl sites for hydroxylation is 1. The van der Waals surface area contributed by atoms with Crippen molar-refractivity contribution in [2.75, 3.05) is 19.0 Å². The van der Waals surface area contributed by atoms with Crippen LogP contribution in [-0.2, 0) is 11.2 Å². The van der Waals surface area contributed by atoms with Crippen molar-refractivity contribution in [3.8, 4) is 0 Å². The maximum atomic E-state index is 11.5. The first-order valence-corrected chi connectivity index (χ1v) is 5.38. The van der Waals surface area contributed by atoms with Gasteiger partial charge in [0, 0.05) is 19.2 Å². The number of aliphatic hydroxyl groups excluding tert-OH is 1. The molecule has 1 heterocycles. The Morgan fingerprint density at radius 1 is 1.44 bits per heavy atom. The lowest BCUT2D eigenvalue weighted by molar-refractivity contribution is -0.118. The van der Waals surface area contributed by atoms with Crippen LogP contribution in [0.2, 0.25) is 0 Å². The Hall–Kier alpha value is -1.39. The van der Waals surface area contributed by atoms with Gasteiger partial charge in [-0.1, -0.05) is 6.07 Å². The van der Waals surface area contributed by atoms with Crippen LogP contribution < -0.4 is 10.2 Å². The largest absolute Gasteiger partial charge is 0.374 e. The Balaban J connectivity index is 2.37. The van der Waals surface area contributed by atoms with Crippen molar-refractivity contribution in [2.45, 2.75) is 19.1 Å². The molecule has 0 radical (unpaired) electrons. The van der Waals surface area contributed by atoms with Crippen molar-refractivity contribution in [2.24, 2.45) is 0 Å². The predicted octanol–water partition coefficient (Wildman–Crippen LogP) is 0.806. The first-order chi connectivity index (χ1) is 7.63. The molecule has 1 aliphatic rings. The highest BCUT2D eigenvalue weighted by Crippen LogP contribution is 2.28. The molecule has 0 aliphatic carbocycles. The molecule has 0 fully saturated rings. The number of benzene rings is 1. The van der Waals surface area contributed by atoms with Gasteiger partial charge in [0.25, 0.3) is 0 Å². The molecule has 4 nitrogen and oxygen atoms in total. The smallest absolute Gasteiger partial charge is 0.227 e. The monoisotopic (exact) mass is 220 g/mol. The fourth-order valence-electron chi connectivity index (χ4n) is 2.01. The second-order valence-corrected chi connectivity index (χ2v) is 4.03. The lowest BCUT2D eigenvalue weighted by Gasteiger charge is -2.26. The van der Waals surface area contributed by atoms with Crippen LogP contribution in [0.1, 0.15) is 23.8 Å². The van der Waals surface area contributed by atoms with E-state index in [1.54, 1.807) is 19.0 Å². The maximum absolute atomic E-state index is 11.5. The summed E-state index contributed by atoms with van der Waals surface area (Å²) in [7, 11) is 3.49. The number of rotatable bonds is 2. The minimum absolute atomic E-state index is 0.148. The van der Waals surface area contributed by atoms with Gasteiger partial charge in [0.15, 0.2) is 0 Å². The van der Waals surface area contributed by atoms with Gasteiger partial charge in [0.2, 0.25) is 5.91 Å². The highest BCUT2D eigenvalue weighted by Gasteiger charge is 2.21. The molecule has 4 heteroatoms. The van der Waals surface area contributed by atoms with Crippen molar-refractivity contribution in [3.05, 3.63) is 29.3 Å². The highest BCUT2D eigenvalue weighted by molar-refractivity contribution is 5.95. The molecule has 0 spiro atoms. The van der Waals surface area contributed by atoms with E-state index in [2.05, 4.69) is 5.32 Å². The number of carbonyl (C=O) groups is 1. The summed E-state index contributed by atoms with van der Waals surface area (Å²) in [6.07, 6.45) is 0.652. The van der Waals surface area contributed by atoms with Crippen LogP contribution in [0.5, 0.6) is 0 Å². The van der Waals surface area contributed by atoms with Gasteiger partial charge in [-0.2, -0.15) is 0 Å². The van der Waals surface area contributed by atoms with Crippen molar-refractivity contribution in [3.63, 3.8) is 0 Å². The summed E-state index contributed by atoms with van der Waals surface area (Å²) in [4.78, 5) is 13.2. The van der Waals surface area contributed by atoms with Gasteiger partial charge in [0.05, 0.1) is 0 Å². The van der Waals surface area contributed by atoms with Crippen molar-refractivity contribution in [1.82, 2.24) is 5.32 Å². The number of carbonyl (C=O) groups excluding carboxylic acids is 1. The van der Waals surface area contributed by atoms with Gasteiger partial charge in [-0.3, -0.25) is 10.1 Å². The maximum Gasteiger partial charge on any atom is 0.227 e. The molecule has 0 saturated carbocycles. The first kappa shape index (κ1) is 11.1. The normalized spacial score (nSPS) is 17.2.